The summed E-state index contributed by atoms with van der Waals surface area (Å²) in [5, 5.41) is 18.4. The molecule has 0 spiro atoms. The van der Waals surface area contributed by atoms with E-state index < -0.39 is 11.6 Å². The maximum Gasteiger partial charge on any atom is 0.307 e. The minimum absolute atomic E-state index is 0.0660. The van der Waals surface area contributed by atoms with Crippen LogP contribution in [0.4, 0.5) is 10.1 Å². The van der Waals surface area contributed by atoms with E-state index in [2.05, 4.69) is 35.8 Å². The maximum atomic E-state index is 13.2. The van der Waals surface area contributed by atoms with Crippen LogP contribution in [0.5, 0.6) is 5.75 Å². The number of carboxylic acids is 1. The van der Waals surface area contributed by atoms with Crippen molar-refractivity contribution in [2.24, 2.45) is 5.41 Å². The second-order valence-corrected chi connectivity index (χ2v) is 14.4. The van der Waals surface area contributed by atoms with E-state index in [0.717, 1.165) is 84.1 Å². The van der Waals surface area contributed by atoms with Crippen molar-refractivity contribution in [3.05, 3.63) is 76.9 Å². The average molecular weight is 650 g/mol. The number of carboxylic acid groups (broad SMARTS) is 1. The van der Waals surface area contributed by atoms with E-state index in [1.165, 1.54) is 12.1 Å². The smallest absolute Gasteiger partial charge is 0.307 e. The van der Waals surface area contributed by atoms with E-state index in [1.54, 1.807) is 32.9 Å². The molecule has 0 amide bonds. The Labute approximate surface area is 279 Å². The van der Waals surface area contributed by atoms with Gasteiger partial charge in [0.2, 0.25) is 0 Å². The molecule has 0 bridgehead atoms. The minimum atomic E-state index is -0.852. The van der Waals surface area contributed by atoms with Gasteiger partial charge in [-0.1, -0.05) is 38.1 Å². The van der Waals surface area contributed by atoms with Gasteiger partial charge >= 0.3 is 5.97 Å². The topological polar surface area (TPSA) is 95.4 Å². The standard InChI is InChI=1S/C34H42FN3O4.C4H10O/c1-24-29(22-31(39)40)33(38-15-13-34(2,3)14-16-38)32(30(36-24)23-37-17-20-41-21-18-37)26-6-10-28(11-7-26)42-19-12-25-4-8-27(35)9-5-25;1-4(2,3)5/h4-11H,12-23H2,1-3H3,(H,39,40);5H,1-3H3. The van der Waals surface area contributed by atoms with Gasteiger partial charge in [0.15, 0.2) is 0 Å². The fraction of sp³-hybridized carbons (Fsp3) is 0.526. The fourth-order valence-corrected chi connectivity index (χ4v) is 5.88. The molecule has 1 aromatic heterocycles. The lowest BCUT2D eigenvalue weighted by molar-refractivity contribution is -0.136. The number of hydrogen-bond acceptors (Lipinski definition) is 7. The van der Waals surface area contributed by atoms with Gasteiger partial charge in [-0.05, 0) is 81.3 Å². The predicted molar refractivity (Wildman–Crippen MR) is 185 cm³/mol. The first-order valence-electron chi connectivity index (χ1n) is 16.7. The summed E-state index contributed by atoms with van der Waals surface area (Å²) in [6.07, 6.45) is 2.70. The Hall–Kier alpha value is -3.53. The van der Waals surface area contributed by atoms with Crippen LogP contribution in [0.15, 0.2) is 48.5 Å². The SMILES string of the molecule is CC(C)(C)O.Cc1nc(CN2CCOCC2)c(-c2ccc(OCCc3ccc(F)cc3)cc2)c(N2CCC(C)(C)CC2)c1CC(=O)O. The highest BCUT2D eigenvalue weighted by molar-refractivity contribution is 5.86. The summed E-state index contributed by atoms with van der Waals surface area (Å²) in [7, 11) is 0. The molecule has 0 radical (unpaired) electrons. The molecule has 5 rings (SSSR count). The number of benzene rings is 2. The number of aromatic nitrogens is 1. The van der Waals surface area contributed by atoms with Gasteiger partial charge in [-0.2, -0.15) is 0 Å². The van der Waals surface area contributed by atoms with E-state index in [0.29, 0.717) is 32.8 Å². The van der Waals surface area contributed by atoms with Crippen molar-refractivity contribution >= 4 is 11.7 Å². The van der Waals surface area contributed by atoms with Gasteiger partial charge in [-0.25, -0.2) is 4.39 Å². The van der Waals surface area contributed by atoms with E-state index in [9.17, 15) is 14.3 Å². The third-order valence-electron chi connectivity index (χ3n) is 8.50. The summed E-state index contributed by atoms with van der Waals surface area (Å²) in [6, 6.07) is 14.5. The first-order valence-corrected chi connectivity index (χ1v) is 16.7. The summed E-state index contributed by atoms with van der Waals surface area (Å²) in [6.45, 7) is 17.8. The third-order valence-corrected chi connectivity index (χ3v) is 8.50. The molecule has 3 aromatic rings. The summed E-state index contributed by atoms with van der Waals surface area (Å²) in [5.41, 5.74) is 6.35. The van der Waals surface area contributed by atoms with Crippen molar-refractivity contribution in [3.63, 3.8) is 0 Å². The van der Waals surface area contributed by atoms with Crippen LogP contribution in [0.2, 0.25) is 0 Å². The Kier molecular flexibility index (Phi) is 12.4. The first-order chi connectivity index (χ1) is 22.2. The van der Waals surface area contributed by atoms with Crippen LogP contribution >= 0.6 is 0 Å². The molecule has 3 heterocycles. The molecule has 2 saturated heterocycles. The molecular formula is C38H52FN3O5. The van der Waals surface area contributed by atoms with E-state index in [4.69, 9.17) is 19.6 Å². The van der Waals surface area contributed by atoms with Crippen molar-refractivity contribution in [2.75, 3.05) is 50.9 Å². The first kappa shape index (κ1) is 36.3. The molecule has 2 aliphatic heterocycles. The monoisotopic (exact) mass is 649 g/mol. The zero-order chi connectivity index (χ0) is 34.2. The van der Waals surface area contributed by atoms with Crippen molar-refractivity contribution in [3.8, 4) is 16.9 Å². The van der Waals surface area contributed by atoms with Gasteiger partial charge in [0, 0.05) is 56.0 Å². The van der Waals surface area contributed by atoms with Crippen molar-refractivity contribution < 1.29 is 28.9 Å². The largest absolute Gasteiger partial charge is 0.493 e. The molecule has 0 unspecified atom stereocenters. The van der Waals surface area contributed by atoms with Gasteiger partial charge in [0.25, 0.3) is 0 Å². The fourth-order valence-electron chi connectivity index (χ4n) is 5.88. The summed E-state index contributed by atoms with van der Waals surface area (Å²) in [4.78, 5) is 21.9. The number of aryl methyl sites for hydroxylation is 1. The number of halogens is 1. The van der Waals surface area contributed by atoms with Crippen molar-refractivity contribution in [1.29, 1.82) is 0 Å². The maximum absolute atomic E-state index is 13.2. The van der Waals surface area contributed by atoms with Gasteiger partial charge in [-0.3, -0.25) is 14.7 Å². The van der Waals surface area contributed by atoms with Gasteiger partial charge < -0.3 is 24.6 Å². The quantitative estimate of drug-likeness (QED) is 0.251. The molecule has 0 atom stereocenters. The number of nitrogens with zero attached hydrogens (tertiary/aromatic N) is 3. The van der Waals surface area contributed by atoms with Crippen LogP contribution in [-0.4, -0.2) is 77.7 Å². The number of aliphatic hydroxyl groups is 1. The molecule has 2 N–H and O–H groups in total. The second kappa shape index (κ2) is 16.0. The Morgan fingerprint density at radius 3 is 2.17 bits per heavy atom. The number of rotatable bonds is 10. The van der Waals surface area contributed by atoms with Crippen LogP contribution < -0.4 is 9.64 Å². The van der Waals surface area contributed by atoms with Gasteiger partial charge in [0.05, 0.1) is 43.2 Å². The number of piperidine rings is 1. The molecule has 47 heavy (non-hydrogen) atoms. The number of ether oxygens (including phenoxy) is 2. The van der Waals surface area contributed by atoms with Crippen LogP contribution in [0.1, 0.15) is 70.0 Å². The minimum Gasteiger partial charge on any atom is -0.493 e. The predicted octanol–water partition coefficient (Wildman–Crippen LogP) is 6.68. The Balaban J connectivity index is 0.000000930. The summed E-state index contributed by atoms with van der Waals surface area (Å²) < 4.78 is 24.8. The van der Waals surface area contributed by atoms with Crippen molar-refractivity contribution in [2.45, 2.75) is 79.4 Å². The van der Waals surface area contributed by atoms with E-state index >= 15 is 0 Å². The lowest BCUT2D eigenvalue weighted by Crippen LogP contribution is -2.39. The molecule has 256 valence electrons. The van der Waals surface area contributed by atoms with Gasteiger partial charge in [0.1, 0.15) is 11.6 Å². The molecule has 2 aliphatic rings. The van der Waals surface area contributed by atoms with Crippen LogP contribution in [0.25, 0.3) is 11.1 Å². The number of aliphatic carboxylic acids is 1. The summed E-state index contributed by atoms with van der Waals surface area (Å²) >= 11 is 0. The Morgan fingerprint density at radius 1 is 1.00 bits per heavy atom. The van der Waals surface area contributed by atoms with Crippen LogP contribution in [0, 0.1) is 18.2 Å². The number of carbonyl (C=O) groups is 1. The highest BCUT2D eigenvalue weighted by atomic mass is 19.1. The second-order valence-electron chi connectivity index (χ2n) is 14.4. The van der Waals surface area contributed by atoms with Crippen molar-refractivity contribution in [1.82, 2.24) is 9.88 Å². The molecule has 2 fully saturated rings. The number of anilines is 1. The highest BCUT2D eigenvalue weighted by Crippen LogP contribution is 2.42. The zero-order valence-corrected chi connectivity index (χ0v) is 28.9. The van der Waals surface area contributed by atoms with Gasteiger partial charge in [-0.15, -0.1) is 0 Å². The molecular weight excluding hydrogens is 597 g/mol. The molecule has 2 aromatic carbocycles. The third kappa shape index (κ3) is 11.3. The molecule has 9 heteroatoms. The normalized spacial score (nSPS) is 16.7. The average Bonchev–Trinajstić information content (AvgIpc) is 2.99. The molecule has 0 aliphatic carbocycles. The Morgan fingerprint density at radius 2 is 1.60 bits per heavy atom. The van der Waals surface area contributed by atoms with Crippen LogP contribution in [-0.2, 0) is 28.9 Å². The van der Waals surface area contributed by atoms with Crippen LogP contribution in [0.3, 0.4) is 0 Å². The van der Waals surface area contributed by atoms with E-state index in [-0.39, 0.29) is 17.7 Å². The zero-order valence-electron chi connectivity index (χ0n) is 28.9. The lowest BCUT2D eigenvalue weighted by atomic mass is 9.82. The summed E-state index contributed by atoms with van der Waals surface area (Å²) in [5.74, 6) is -0.342. The number of hydrogen-bond donors (Lipinski definition) is 2. The highest BCUT2D eigenvalue weighted by Gasteiger charge is 2.31. The number of morpholine rings is 1. The Bertz CT molecular complexity index is 1450. The van der Waals surface area contributed by atoms with E-state index in [1.807, 2.05) is 19.1 Å². The molecule has 8 nitrogen and oxygen atoms in total. The molecule has 0 saturated carbocycles. The number of pyridine rings is 1. The lowest BCUT2D eigenvalue weighted by Gasteiger charge is -2.40.